The number of nitrogens with one attached hydrogen (secondary N) is 1. The molecule has 1 heterocycles. The Morgan fingerprint density at radius 3 is 2.67 bits per heavy atom. The number of alkyl halides is 3. The summed E-state index contributed by atoms with van der Waals surface area (Å²) in [5.74, 6) is -1.53. The predicted octanol–water partition coefficient (Wildman–Crippen LogP) is 2.75. The fraction of sp³-hybridized carbons (Fsp3) is 0.500. The van der Waals surface area contributed by atoms with Gasteiger partial charge in [0.05, 0.1) is 11.5 Å². The van der Waals surface area contributed by atoms with Gasteiger partial charge in [-0.05, 0) is 30.9 Å². The number of carboxylic acid groups (broad SMARTS) is 1. The van der Waals surface area contributed by atoms with Crippen molar-refractivity contribution in [2.45, 2.75) is 25.4 Å². The standard InChI is InChI=1S/C16H19F3N2O3/c17-16(18,19)13-6-2-1-4-11(13)7-8-20-15(24)21-9-3-5-12(10-21)14(22)23/h1-2,4,6,12H,3,5,7-10H2,(H,20,24)(H,22,23). The molecule has 1 aliphatic rings. The third-order valence-corrected chi connectivity index (χ3v) is 4.05. The number of piperidine rings is 1. The molecule has 1 unspecified atom stereocenters. The summed E-state index contributed by atoms with van der Waals surface area (Å²) in [4.78, 5) is 24.4. The number of nitrogens with zero attached hydrogens (tertiary/aromatic N) is 1. The van der Waals surface area contributed by atoms with Crippen LogP contribution in [0.5, 0.6) is 0 Å². The molecule has 8 heteroatoms. The van der Waals surface area contributed by atoms with Crippen molar-refractivity contribution in [1.82, 2.24) is 10.2 Å². The topological polar surface area (TPSA) is 69.6 Å². The van der Waals surface area contributed by atoms with Crippen LogP contribution in [0.4, 0.5) is 18.0 Å². The van der Waals surface area contributed by atoms with E-state index < -0.39 is 29.7 Å². The van der Waals surface area contributed by atoms with Gasteiger partial charge in [-0.15, -0.1) is 0 Å². The van der Waals surface area contributed by atoms with Crippen molar-refractivity contribution in [2.24, 2.45) is 5.92 Å². The number of halogens is 3. The molecule has 132 valence electrons. The van der Waals surface area contributed by atoms with Gasteiger partial charge in [-0.25, -0.2) is 4.79 Å². The first kappa shape index (κ1) is 18.1. The molecule has 1 aromatic rings. The van der Waals surface area contributed by atoms with Crippen LogP contribution in [0.1, 0.15) is 24.0 Å². The number of carboxylic acids is 1. The first-order chi connectivity index (χ1) is 11.3. The van der Waals surface area contributed by atoms with Gasteiger partial charge in [0.1, 0.15) is 0 Å². The Bertz CT molecular complexity index is 604. The number of carbonyl (C=O) groups is 2. The minimum absolute atomic E-state index is 0.0532. The van der Waals surface area contributed by atoms with E-state index in [1.54, 1.807) is 0 Å². The first-order valence-electron chi connectivity index (χ1n) is 7.69. The van der Waals surface area contributed by atoms with Crippen LogP contribution in [0.3, 0.4) is 0 Å². The van der Waals surface area contributed by atoms with Crippen molar-refractivity contribution in [3.05, 3.63) is 35.4 Å². The molecule has 2 rings (SSSR count). The summed E-state index contributed by atoms with van der Waals surface area (Å²) >= 11 is 0. The van der Waals surface area contributed by atoms with Crippen LogP contribution >= 0.6 is 0 Å². The molecule has 0 aromatic heterocycles. The Hall–Kier alpha value is -2.25. The number of likely N-dealkylation sites (tertiary alicyclic amines) is 1. The van der Waals surface area contributed by atoms with Gasteiger partial charge >= 0.3 is 18.2 Å². The highest BCUT2D eigenvalue weighted by molar-refractivity contribution is 5.76. The van der Waals surface area contributed by atoms with Crippen molar-refractivity contribution < 1.29 is 27.9 Å². The molecular weight excluding hydrogens is 325 g/mol. The van der Waals surface area contributed by atoms with Gasteiger partial charge in [-0.2, -0.15) is 13.2 Å². The molecule has 24 heavy (non-hydrogen) atoms. The van der Waals surface area contributed by atoms with E-state index in [4.69, 9.17) is 5.11 Å². The number of aliphatic carboxylic acids is 1. The number of urea groups is 1. The van der Waals surface area contributed by atoms with E-state index >= 15 is 0 Å². The van der Waals surface area contributed by atoms with Crippen LogP contribution in [0, 0.1) is 5.92 Å². The average molecular weight is 344 g/mol. The second-order valence-corrected chi connectivity index (χ2v) is 5.76. The summed E-state index contributed by atoms with van der Waals surface area (Å²) in [7, 11) is 0. The molecule has 2 amide bonds. The summed E-state index contributed by atoms with van der Waals surface area (Å²) in [5.41, 5.74) is -0.587. The maximum absolute atomic E-state index is 12.9. The van der Waals surface area contributed by atoms with E-state index in [0.29, 0.717) is 19.4 Å². The lowest BCUT2D eigenvalue weighted by Crippen LogP contribution is -2.47. The number of rotatable bonds is 4. The molecule has 1 saturated heterocycles. The van der Waals surface area contributed by atoms with Crippen LogP contribution in [-0.2, 0) is 17.4 Å². The zero-order valence-corrected chi connectivity index (χ0v) is 13.0. The van der Waals surface area contributed by atoms with E-state index in [2.05, 4.69) is 5.32 Å². The van der Waals surface area contributed by atoms with Gasteiger partial charge in [-0.3, -0.25) is 4.79 Å². The van der Waals surface area contributed by atoms with E-state index in [1.807, 2.05) is 0 Å². The largest absolute Gasteiger partial charge is 0.481 e. The van der Waals surface area contributed by atoms with Crippen LogP contribution in [-0.4, -0.2) is 41.6 Å². The van der Waals surface area contributed by atoms with Crippen molar-refractivity contribution >= 4 is 12.0 Å². The molecule has 0 spiro atoms. The maximum Gasteiger partial charge on any atom is 0.416 e. The minimum atomic E-state index is -4.43. The highest BCUT2D eigenvalue weighted by atomic mass is 19.4. The molecule has 5 nitrogen and oxygen atoms in total. The van der Waals surface area contributed by atoms with Gasteiger partial charge in [0.25, 0.3) is 0 Å². The molecule has 1 aliphatic heterocycles. The maximum atomic E-state index is 12.9. The Kier molecular flexibility index (Phi) is 5.69. The van der Waals surface area contributed by atoms with Gasteiger partial charge in [0.2, 0.25) is 0 Å². The number of amides is 2. The Labute approximate surface area is 137 Å². The number of carbonyl (C=O) groups excluding carboxylic acids is 1. The fourth-order valence-corrected chi connectivity index (χ4v) is 2.79. The summed E-state index contributed by atoms with van der Waals surface area (Å²) in [6.07, 6.45) is -3.25. The van der Waals surface area contributed by atoms with Crippen LogP contribution < -0.4 is 5.32 Å². The summed E-state index contributed by atoms with van der Waals surface area (Å²) in [5, 5.41) is 11.6. The summed E-state index contributed by atoms with van der Waals surface area (Å²) < 4.78 is 38.7. The van der Waals surface area contributed by atoms with Gasteiger partial charge in [-0.1, -0.05) is 18.2 Å². The van der Waals surface area contributed by atoms with Crippen LogP contribution in [0.25, 0.3) is 0 Å². The lowest BCUT2D eigenvalue weighted by molar-refractivity contribution is -0.143. The van der Waals surface area contributed by atoms with E-state index in [9.17, 15) is 22.8 Å². The molecule has 0 bridgehead atoms. The lowest BCUT2D eigenvalue weighted by Gasteiger charge is -2.30. The third kappa shape index (κ3) is 4.62. The smallest absolute Gasteiger partial charge is 0.416 e. The average Bonchev–Trinajstić information content (AvgIpc) is 2.54. The molecule has 1 fully saturated rings. The van der Waals surface area contributed by atoms with E-state index in [1.165, 1.54) is 23.1 Å². The van der Waals surface area contributed by atoms with Gasteiger partial charge in [0, 0.05) is 19.6 Å². The number of hydrogen-bond donors (Lipinski definition) is 2. The Morgan fingerprint density at radius 2 is 2.00 bits per heavy atom. The Morgan fingerprint density at radius 1 is 1.29 bits per heavy atom. The van der Waals surface area contributed by atoms with Crippen molar-refractivity contribution in [3.8, 4) is 0 Å². The fourth-order valence-electron chi connectivity index (χ4n) is 2.79. The van der Waals surface area contributed by atoms with E-state index in [-0.39, 0.29) is 25.1 Å². The highest BCUT2D eigenvalue weighted by Crippen LogP contribution is 2.31. The van der Waals surface area contributed by atoms with E-state index in [0.717, 1.165) is 6.07 Å². The SMILES string of the molecule is O=C(O)C1CCCN(C(=O)NCCc2ccccc2C(F)(F)F)C1. The zero-order valence-electron chi connectivity index (χ0n) is 13.0. The Balaban J connectivity index is 1.88. The second-order valence-electron chi connectivity index (χ2n) is 5.76. The molecule has 1 atom stereocenters. The van der Waals surface area contributed by atoms with Crippen molar-refractivity contribution in [3.63, 3.8) is 0 Å². The van der Waals surface area contributed by atoms with Crippen molar-refractivity contribution in [1.29, 1.82) is 0 Å². The molecule has 2 N–H and O–H groups in total. The molecule has 1 aromatic carbocycles. The third-order valence-electron chi connectivity index (χ3n) is 4.05. The first-order valence-corrected chi connectivity index (χ1v) is 7.69. The van der Waals surface area contributed by atoms with Gasteiger partial charge in [0.15, 0.2) is 0 Å². The number of hydrogen-bond acceptors (Lipinski definition) is 2. The zero-order chi connectivity index (χ0) is 17.7. The normalized spacial score (nSPS) is 18.3. The van der Waals surface area contributed by atoms with Crippen LogP contribution in [0.15, 0.2) is 24.3 Å². The quantitative estimate of drug-likeness (QED) is 0.882. The van der Waals surface area contributed by atoms with Crippen LogP contribution in [0.2, 0.25) is 0 Å². The highest BCUT2D eigenvalue weighted by Gasteiger charge is 2.33. The molecule has 0 saturated carbocycles. The number of benzene rings is 1. The summed E-state index contributed by atoms with van der Waals surface area (Å²) in [6, 6.07) is 4.81. The molecule has 0 aliphatic carbocycles. The minimum Gasteiger partial charge on any atom is -0.481 e. The second kappa shape index (κ2) is 7.55. The van der Waals surface area contributed by atoms with Gasteiger partial charge < -0.3 is 15.3 Å². The van der Waals surface area contributed by atoms with Crippen molar-refractivity contribution in [2.75, 3.05) is 19.6 Å². The molecule has 0 radical (unpaired) electrons. The summed E-state index contributed by atoms with van der Waals surface area (Å²) in [6.45, 7) is 0.634. The predicted molar refractivity (Wildman–Crippen MR) is 80.5 cm³/mol. The monoisotopic (exact) mass is 344 g/mol. The lowest BCUT2D eigenvalue weighted by atomic mass is 9.99. The molecular formula is C16H19F3N2O3.